The third-order valence-corrected chi connectivity index (χ3v) is 7.85. The summed E-state index contributed by atoms with van der Waals surface area (Å²) in [7, 11) is 0. The second-order valence-corrected chi connectivity index (χ2v) is 11.1. The summed E-state index contributed by atoms with van der Waals surface area (Å²) in [5, 5.41) is 11.2. The van der Waals surface area contributed by atoms with Gasteiger partial charge >= 0.3 is 12.6 Å². The zero-order chi connectivity index (χ0) is 30.3. The largest absolute Gasteiger partial charge is 0.447 e. The standard InChI is InChI=1S/C29H27ClF2N8O3/c1-29(9-10-29)37-28(42)43-16-23(19-7-8-21(30)22(13-19)38-12-2-11-34-38)40-25(41)24(36-27(40)33)18-5-3-17(4-6-18)20-14-35-39(15-20)26(31)32/h2-8,11-15,23-24,26H,9-10,16H2,1H3,(H2,33,36)(H,37,42)/t23-,24-/m1/s1. The fraction of sp³-hybridized carbons (Fsp3) is 0.276. The lowest BCUT2D eigenvalue weighted by atomic mass is 10.0. The number of nitrogens with two attached hydrogens (primary N) is 1. The molecule has 2 aromatic heterocycles. The molecule has 6 rings (SSSR count). The number of alkyl carbamates (subject to hydrolysis) is 1. The molecule has 2 amide bonds. The summed E-state index contributed by atoms with van der Waals surface area (Å²) >= 11 is 6.47. The van der Waals surface area contributed by atoms with Crippen molar-refractivity contribution in [1.29, 1.82) is 0 Å². The molecule has 2 atom stereocenters. The van der Waals surface area contributed by atoms with Gasteiger partial charge in [-0.2, -0.15) is 19.0 Å². The molecule has 0 unspecified atom stereocenters. The van der Waals surface area contributed by atoms with Gasteiger partial charge in [0, 0.05) is 29.7 Å². The Hall–Kier alpha value is -4.78. The maximum Gasteiger partial charge on any atom is 0.407 e. The lowest BCUT2D eigenvalue weighted by molar-refractivity contribution is -0.129. The van der Waals surface area contributed by atoms with Crippen molar-refractivity contribution < 1.29 is 23.1 Å². The van der Waals surface area contributed by atoms with Crippen molar-refractivity contribution in [3.05, 3.63) is 89.5 Å². The van der Waals surface area contributed by atoms with Crippen LogP contribution >= 0.6 is 11.6 Å². The number of carbonyl (C=O) groups is 2. The summed E-state index contributed by atoms with van der Waals surface area (Å²) < 4.78 is 33.6. The van der Waals surface area contributed by atoms with Gasteiger partial charge in [0.25, 0.3) is 5.91 Å². The molecule has 4 aromatic rings. The van der Waals surface area contributed by atoms with Crippen LogP contribution in [0.4, 0.5) is 13.6 Å². The van der Waals surface area contributed by atoms with Gasteiger partial charge in [0.05, 0.1) is 22.9 Å². The summed E-state index contributed by atoms with van der Waals surface area (Å²) in [6, 6.07) is 11.9. The monoisotopic (exact) mass is 608 g/mol. The number of benzene rings is 2. The molecular weight excluding hydrogens is 582 g/mol. The summed E-state index contributed by atoms with van der Waals surface area (Å²) in [6.07, 6.45) is 7.04. The summed E-state index contributed by atoms with van der Waals surface area (Å²) in [4.78, 5) is 32.2. The molecule has 14 heteroatoms. The number of hydrogen-bond acceptors (Lipinski definition) is 7. The average Bonchev–Trinajstić information content (AvgIpc) is 3.41. The van der Waals surface area contributed by atoms with Crippen molar-refractivity contribution in [1.82, 2.24) is 29.8 Å². The van der Waals surface area contributed by atoms with Crippen molar-refractivity contribution in [3.63, 3.8) is 0 Å². The van der Waals surface area contributed by atoms with Crippen LogP contribution in [-0.2, 0) is 9.53 Å². The van der Waals surface area contributed by atoms with Gasteiger partial charge < -0.3 is 15.8 Å². The molecule has 1 saturated carbocycles. The second-order valence-electron chi connectivity index (χ2n) is 10.7. The molecule has 3 heterocycles. The Morgan fingerprint density at radius 3 is 2.60 bits per heavy atom. The number of nitrogens with one attached hydrogen (secondary N) is 1. The zero-order valence-electron chi connectivity index (χ0n) is 22.9. The Kier molecular flexibility index (Phi) is 7.34. The van der Waals surface area contributed by atoms with E-state index in [-0.39, 0.29) is 18.1 Å². The van der Waals surface area contributed by atoms with Crippen molar-refractivity contribution >= 4 is 29.6 Å². The second kappa shape index (κ2) is 11.1. The van der Waals surface area contributed by atoms with Gasteiger partial charge in [-0.3, -0.25) is 9.69 Å². The third kappa shape index (κ3) is 5.80. The van der Waals surface area contributed by atoms with E-state index in [0.717, 1.165) is 12.8 Å². The van der Waals surface area contributed by atoms with Crippen molar-refractivity contribution in [2.75, 3.05) is 6.61 Å². The van der Waals surface area contributed by atoms with Crippen molar-refractivity contribution in [2.24, 2.45) is 10.7 Å². The topological polar surface area (TPSA) is 133 Å². The van der Waals surface area contributed by atoms with E-state index in [1.807, 2.05) is 6.92 Å². The number of amides is 2. The maximum absolute atomic E-state index is 13.9. The first-order valence-electron chi connectivity index (χ1n) is 13.5. The first-order valence-corrected chi connectivity index (χ1v) is 13.8. The lowest BCUT2D eigenvalue weighted by Crippen LogP contribution is -2.44. The predicted molar refractivity (Wildman–Crippen MR) is 154 cm³/mol. The van der Waals surface area contributed by atoms with E-state index >= 15 is 0 Å². The molecule has 3 N–H and O–H groups in total. The van der Waals surface area contributed by atoms with E-state index in [9.17, 15) is 18.4 Å². The molecular formula is C29H27ClF2N8O3. The van der Waals surface area contributed by atoms with Crippen LogP contribution in [-0.4, -0.2) is 54.6 Å². The van der Waals surface area contributed by atoms with Crippen LogP contribution in [0.2, 0.25) is 5.02 Å². The van der Waals surface area contributed by atoms with Crippen LogP contribution in [0.15, 0.2) is 78.3 Å². The van der Waals surface area contributed by atoms with Crippen LogP contribution in [0, 0.1) is 0 Å². The first kappa shape index (κ1) is 28.3. The average molecular weight is 609 g/mol. The van der Waals surface area contributed by atoms with Gasteiger partial charge in [-0.05, 0) is 54.7 Å². The molecule has 1 aliphatic heterocycles. The van der Waals surface area contributed by atoms with E-state index in [0.29, 0.717) is 37.6 Å². The fourth-order valence-corrected chi connectivity index (χ4v) is 5.07. The Morgan fingerprint density at radius 2 is 1.95 bits per heavy atom. The van der Waals surface area contributed by atoms with Crippen LogP contribution in [0.3, 0.4) is 0 Å². The number of nitrogens with zero attached hydrogens (tertiary/aromatic N) is 6. The molecule has 0 saturated heterocycles. The van der Waals surface area contributed by atoms with Gasteiger partial charge in [0.2, 0.25) is 0 Å². The molecule has 43 heavy (non-hydrogen) atoms. The van der Waals surface area contributed by atoms with Crippen molar-refractivity contribution in [3.8, 4) is 16.8 Å². The minimum atomic E-state index is -2.75. The molecule has 0 bridgehead atoms. The third-order valence-electron chi connectivity index (χ3n) is 7.53. The molecule has 11 nitrogen and oxygen atoms in total. The van der Waals surface area contributed by atoms with Gasteiger partial charge in [-0.1, -0.05) is 41.9 Å². The highest BCUT2D eigenvalue weighted by Crippen LogP contribution is 2.36. The Balaban J connectivity index is 1.27. The van der Waals surface area contributed by atoms with E-state index < -0.39 is 30.6 Å². The number of ether oxygens (including phenoxy) is 1. The molecule has 1 aliphatic carbocycles. The predicted octanol–water partition coefficient (Wildman–Crippen LogP) is 5.00. The Bertz CT molecular complexity index is 1690. The number of aromatic nitrogens is 4. The number of alkyl halides is 2. The van der Waals surface area contributed by atoms with Gasteiger partial charge in [0.15, 0.2) is 12.0 Å². The highest BCUT2D eigenvalue weighted by molar-refractivity contribution is 6.32. The van der Waals surface area contributed by atoms with E-state index in [1.54, 1.807) is 65.6 Å². The Morgan fingerprint density at radius 1 is 1.19 bits per heavy atom. The quantitative estimate of drug-likeness (QED) is 0.275. The molecule has 2 aromatic carbocycles. The molecule has 222 valence electrons. The molecule has 0 radical (unpaired) electrons. The highest BCUT2D eigenvalue weighted by Gasteiger charge is 2.42. The molecule has 2 aliphatic rings. The normalized spacial score (nSPS) is 18.1. The number of aliphatic imine (C=N–C) groups is 1. The summed E-state index contributed by atoms with van der Waals surface area (Å²) in [6.45, 7) is -1.02. The van der Waals surface area contributed by atoms with E-state index in [2.05, 4.69) is 20.5 Å². The van der Waals surface area contributed by atoms with Crippen LogP contribution in [0.1, 0.15) is 49.5 Å². The molecule has 0 spiro atoms. The van der Waals surface area contributed by atoms with Crippen LogP contribution in [0.25, 0.3) is 16.8 Å². The van der Waals surface area contributed by atoms with Crippen LogP contribution < -0.4 is 11.1 Å². The molecule has 1 fully saturated rings. The van der Waals surface area contributed by atoms with Gasteiger partial charge in [0.1, 0.15) is 6.61 Å². The van der Waals surface area contributed by atoms with Gasteiger partial charge in [-0.25, -0.2) is 19.2 Å². The SMILES string of the molecule is CC1(NC(=O)OC[C@H](c2ccc(Cl)c(-n3cccn3)c2)N2C(=O)[C@@H](c3ccc(-c4cnn(C(F)F)c4)cc3)N=C2N)CC1. The maximum atomic E-state index is 13.9. The number of hydrogen-bond donors (Lipinski definition) is 2. The zero-order valence-corrected chi connectivity index (χ0v) is 23.7. The fourth-order valence-electron chi connectivity index (χ4n) is 4.87. The number of carbonyl (C=O) groups excluding carboxylic acids is 2. The minimum absolute atomic E-state index is 0.0453. The summed E-state index contributed by atoms with van der Waals surface area (Å²) in [5.41, 5.74) is 8.90. The summed E-state index contributed by atoms with van der Waals surface area (Å²) in [5.74, 6) is -0.467. The smallest absolute Gasteiger partial charge is 0.407 e. The van der Waals surface area contributed by atoms with E-state index in [4.69, 9.17) is 22.1 Å². The number of rotatable bonds is 9. The highest BCUT2D eigenvalue weighted by atomic mass is 35.5. The minimum Gasteiger partial charge on any atom is -0.447 e. The number of halogens is 3. The first-order chi connectivity index (χ1) is 20.6. The van der Waals surface area contributed by atoms with E-state index in [1.165, 1.54) is 17.3 Å². The Labute approximate surface area is 249 Å². The van der Waals surface area contributed by atoms with Crippen molar-refractivity contribution in [2.45, 2.75) is 43.9 Å². The van der Waals surface area contributed by atoms with Gasteiger partial charge in [-0.15, -0.1) is 0 Å². The van der Waals surface area contributed by atoms with Crippen LogP contribution in [0.5, 0.6) is 0 Å². The lowest BCUT2D eigenvalue weighted by Gasteiger charge is -2.28. The number of guanidine groups is 1.